The first-order valence-corrected chi connectivity index (χ1v) is 9.60. The van der Waals surface area contributed by atoms with Crippen LogP contribution in [0.4, 0.5) is 0 Å². The van der Waals surface area contributed by atoms with Crippen molar-refractivity contribution >= 4 is 26.0 Å². The van der Waals surface area contributed by atoms with Crippen LogP contribution >= 0.6 is 15.9 Å². The molecule has 0 saturated carbocycles. The number of rotatable bonds is 5. The molecule has 0 atom stereocenters. The smallest absolute Gasteiger partial charge is 0.244 e. The monoisotopic (exact) mass is 374 g/mol. The minimum absolute atomic E-state index is 0.136. The molecule has 0 aliphatic carbocycles. The average Bonchev–Trinajstić information content (AvgIpc) is 2.92. The van der Waals surface area contributed by atoms with Crippen LogP contribution in [0.5, 0.6) is 0 Å². The van der Waals surface area contributed by atoms with Gasteiger partial charge in [-0.2, -0.15) is 4.31 Å². The number of nitrogens with zero attached hydrogens (tertiary/aromatic N) is 1. The number of nitrogens with two attached hydrogens (primary N) is 1. The number of halogens is 1. The Bertz CT molecular complexity index is 612. The maximum absolute atomic E-state index is 12.8. The average molecular weight is 375 g/mol. The topological polar surface area (TPSA) is 63.4 Å². The SMILES string of the molecule is CCC1(CC)CCN(S(=O)(=O)c2ccc(CN)cc2Br)C1. The summed E-state index contributed by atoms with van der Waals surface area (Å²) in [6.45, 7) is 5.91. The molecule has 0 radical (unpaired) electrons. The molecule has 4 nitrogen and oxygen atoms in total. The lowest BCUT2D eigenvalue weighted by Gasteiger charge is -2.26. The number of hydrogen-bond acceptors (Lipinski definition) is 3. The second kappa shape index (κ2) is 6.36. The molecule has 1 aliphatic rings. The molecule has 1 aromatic rings. The largest absolute Gasteiger partial charge is 0.326 e. The molecule has 21 heavy (non-hydrogen) atoms. The first-order valence-electron chi connectivity index (χ1n) is 7.37. The Morgan fingerprint density at radius 1 is 1.33 bits per heavy atom. The molecule has 1 heterocycles. The van der Waals surface area contributed by atoms with Crippen molar-refractivity contribution in [1.82, 2.24) is 4.31 Å². The van der Waals surface area contributed by atoms with Crippen molar-refractivity contribution in [2.75, 3.05) is 13.1 Å². The molecular weight excluding hydrogens is 352 g/mol. The predicted octanol–water partition coefficient (Wildman–Crippen LogP) is 3.11. The van der Waals surface area contributed by atoms with E-state index >= 15 is 0 Å². The molecule has 2 N–H and O–H groups in total. The quantitative estimate of drug-likeness (QED) is 0.860. The Morgan fingerprint density at radius 3 is 2.48 bits per heavy atom. The van der Waals surface area contributed by atoms with E-state index in [0.29, 0.717) is 29.0 Å². The highest BCUT2D eigenvalue weighted by molar-refractivity contribution is 9.10. The Labute approximate surface area is 135 Å². The van der Waals surface area contributed by atoms with Crippen molar-refractivity contribution in [2.24, 2.45) is 11.1 Å². The molecular formula is C15H23BrN2O2S. The first-order chi connectivity index (χ1) is 9.88. The summed E-state index contributed by atoms with van der Waals surface area (Å²) in [4.78, 5) is 0.336. The van der Waals surface area contributed by atoms with Gasteiger partial charge in [0.1, 0.15) is 0 Å². The third-order valence-corrected chi connectivity index (χ3v) is 7.57. The fourth-order valence-electron chi connectivity index (χ4n) is 2.95. The Morgan fingerprint density at radius 2 is 2.00 bits per heavy atom. The van der Waals surface area contributed by atoms with Gasteiger partial charge in [0, 0.05) is 24.1 Å². The minimum atomic E-state index is -3.44. The molecule has 0 aromatic heterocycles. The van der Waals surface area contributed by atoms with Gasteiger partial charge in [-0.15, -0.1) is 0 Å². The van der Waals surface area contributed by atoms with Crippen LogP contribution in [0.1, 0.15) is 38.7 Å². The first kappa shape index (κ1) is 16.9. The van der Waals surface area contributed by atoms with Crippen molar-refractivity contribution in [2.45, 2.75) is 44.6 Å². The lowest BCUT2D eigenvalue weighted by atomic mass is 9.82. The molecule has 118 valence electrons. The lowest BCUT2D eigenvalue weighted by Crippen LogP contribution is -2.32. The summed E-state index contributed by atoms with van der Waals surface area (Å²) in [5.74, 6) is 0. The molecule has 6 heteroatoms. The molecule has 0 bridgehead atoms. The van der Waals surface area contributed by atoms with E-state index in [-0.39, 0.29) is 5.41 Å². The summed E-state index contributed by atoms with van der Waals surface area (Å²) in [6.07, 6.45) is 2.98. The maximum Gasteiger partial charge on any atom is 0.244 e. The highest BCUT2D eigenvalue weighted by Crippen LogP contribution is 2.40. The fourth-order valence-corrected chi connectivity index (χ4v) is 5.58. The van der Waals surface area contributed by atoms with Gasteiger partial charge in [-0.1, -0.05) is 19.9 Å². The van der Waals surface area contributed by atoms with E-state index in [1.165, 1.54) is 0 Å². The third-order valence-electron chi connectivity index (χ3n) is 4.75. The minimum Gasteiger partial charge on any atom is -0.326 e. The Hall–Kier alpha value is -0.430. The fraction of sp³-hybridized carbons (Fsp3) is 0.600. The standard InChI is InChI=1S/C15H23BrN2O2S/c1-3-15(4-2)7-8-18(11-15)21(19,20)14-6-5-12(10-17)9-13(14)16/h5-6,9H,3-4,7-8,10-11,17H2,1-2H3. The normalized spacial score (nSPS) is 19.0. The van der Waals surface area contributed by atoms with Gasteiger partial charge in [0.25, 0.3) is 0 Å². The van der Waals surface area contributed by atoms with E-state index in [0.717, 1.165) is 24.8 Å². The van der Waals surface area contributed by atoms with Crippen LogP contribution in [0.15, 0.2) is 27.6 Å². The zero-order valence-electron chi connectivity index (χ0n) is 12.6. The molecule has 0 unspecified atom stereocenters. The second-order valence-corrected chi connectivity index (χ2v) is 8.53. The molecule has 1 aliphatic heterocycles. The predicted molar refractivity (Wildman–Crippen MR) is 88.4 cm³/mol. The van der Waals surface area contributed by atoms with Crippen LogP contribution in [0.2, 0.25) is 0 Å². The van der Waals surface area contributed by atoms with Gasteiger partial charge >= 0.3 is 0 Å². The van der Waals surface area contributed by atoms with Crippen LogP contribution in [-0.4, -0.2) is 25.8 Å². The molecule has 0 amide bonds. The van der Waals surface area contributed by atoms with Gasteiger partial charge in [0.2, 0.25) is 10.0 Å². The highest BCUT2D eigenvalue weighted by Gasteiger charge is 2.41. The highest BCUT2D eigenvalue weighted by atomic mass is 79.9. The van der Waals surface area contributed by atoms with E-state index in [9.17, 15) is 8.42 Å². The van der Waals surface area contributed by atoms with Crippen molar-refractivity contribution < 1.29 is 8.42 Å². The van der Waals surface area contributed by atoms with Gasteiger partial charge in [0.15, 0.2) is 0 Å². The number of benzene rings is 1. The van der Waals surface area contributed by atoms with Crippen molar-refractivity contribution in [3.05, 3.63) is 28.2 Å². The third kappa shape index (κ3) is 3.18. The van der Waals surface area contributed by atoms with Crippen LogP contribution in [0.25, 0.3) is 0 Å². The summed E-state index contributed by atoms with van der Waals surface area (Å²) in [7, 11) is -3.44. The molecule has 0 spiro atoms. The second-order valence-electron chi connectivity index (χ2n) is 5.76. The summed E-state index contributed by atoms with van der Waals surface area (Å²) >= 11 is 3.37. The number of hydrogen-bond donors (Lipinski definition) is 1. The van der Waals surface area contributed by atoms with Crippen molar-refractivity contribution in [1.29, 1.82) is 0 Å². The van der Waals surface area contributed by atoms with Crippen LogP contribution < -0.4 is 5.73 Å². The Kier molecular flexibility index (Phi) is 5.13. The van der Waals surface area contributed by atoms with Gasteiger partial charge in [0.05, 0.1) is 4.90 Å². The van der Waals surface area contributed by atoms with Crippen LogP contribution in [0, 0.1) is 5.41 Å². The van der Waals surface area contributed by atoms with E-state index in [1.807, 2.05) is 0 Å². The van der Waals surface area contributed by atoms with Crippen molar-refractivity contribution in [3.8, 4) is 0 Å². The van der Waals surface area contributed by atoms with Crippen molar-refractivity contribution in [3.63, 3.8) is 0 Å². The molecule has 1 aromatic carbocycles. The summed E-state index contributed by atoms with van der Waals surface area (Å²) in [5, 5.41) is 0. The van der Waals surface area contributed by atoms with E-state index in [4.69, 9.17) is 5.73 Å². The molecule has 2 rings (SSSR count). The van der Waals surface area contributed by atoms with Gasteiger partial charge in [-0.05, 0) is 58.3 Å². The Balaban J connectivity index is 2.31. The summed E-state index contributed by atoms with van der Waals surface area (Å²) in [6, 6.07) is 5.22. The molecule has 1 fully saturated rings. The van der Waals surface area contributed by atoms with Gasteiger partial charge < -0.3 is 5.73 Å². The maximum atomic E-state index is 12.8. The van der Waals surface area contributed by atoms with Crippen LogP contribution in [-0.2, 0) is 16.6 Å². The number of sulfonamides is 1. The van der Waals surface area contributed by atoms with Crippen LogP contribution in [0.3, 0.4) is 0 Å². The zero-order valence-corrected chi connectivity index (χ0v) is 15.0. The van der Waals surface area contributed by atoms with E-state index < -0.39 is 10.0 Å². The lowest BCUT2D eigenvalue weighted by molar-refractivity contribution is 0.279. The zero-order chi connectivity index (χ0) is 15.7. The summed E-state index contributed by atoms with van der Waals surface area (Å²) < 4.78 is 27.9. The van der Waals surface area contributed by atoms with Gasteiger partial charge in [-0.25, -0.2) is 8.42 Å². The summed E-state index contributed by atoms with van der Waals surface area (Å²) in [5.41, 5.74) is 6.64. The van der Waals surface area contributed by atoms with Gasteiger partial charge in [-0.3, -0.25) is 0 Å². The molecule has 1 saturated heterocycles. The van der Waals surface area contributed by atoms with E-state index in [1.54, 1.807) is 22.5 Å². The van der Waals surface area contributed by atoms with E-state index in [2.05, 4.69) is 29.8 Å².